The zero-order valence-corrected chi connectivity index (χ0v) is 19.3. The lowest BCUT2D eigenvalue weighted by Crippen LogP contribution is -2.50. The molecule has 0 unspecified atom stereocenters. The van der Waals surface area contributed by atoms with Gasteiger partial charge in [-0.1, -0.05) is 44.5 Å². The van der Waals surface area contributed by atoms with Crippen molar-refractivity contribution in [3.05, 3.63) is 59.7 Å². The fraction of sp³-hybridized carbons (Fsp3) is 0.455. The molecule has 1 heterocycles. The molecule has 1 saturated heterocycles. The average Bonchev–Trinajstić information content (AvgIpc) is 2.78. The van der Waals surface area contributed by atoms with Crippen LogP contribution in [-0.2, 0) is 32.9 Å². The first-order chi connectivity index (χ1) is 14.3. The molecule has 6 nitrogen and oxygen atoms in total. The summed E-state index contributed by atoms with van der Waals surface area (Å²) in [6.07, 6.45) is 3.95. The highest BCUT2D eigenvalue weighted by Gasteiger charge is 2.33. The highest BCUT2D eigenvalue weighted by atomic mass is 32.2. The van der Waals surface area contributed by atoms with Crippen molar-refractivity contribution >= 4 is 20.0 Å². The van der Waals surface area contributed by atoms with Gasteiger partial charge in [0.1, 0.15) is 0 Å². The van der Waals surface area contributed by atoms with Crippen LogP contribution in [0, 0.1) is 0 Å². The van der Waals surface area contributed by atoms with Gasteiger partial charge in [-0.3, -0.25) is 0 Å². The predicted octanol–water partition coefficient (Wildman–Crippen LogP) is 3.29. The van der Waals surface area contributed by atoms with Crippen molar-refractivity contribution < 1.29 is 16.8 Å². The molecule has 0 spiro atoms. The first-order valence-corrected chi connectivity index (χ1v) is 13.3. The monoisotopic (exact) mass is 450 g/mol. The fourth-order valence-corrected chi connectivity index (χ4v) is 6.40. The molecule has 0 N–H and O–H groups in total. The van der Waals surface area contributed by atoms with Crippen molar-refractivity contribution in [3.8, 4) is 0 Å². The van der Waals surface area contributed by atoms with Crippen LogP contribution in [-0.4, -0.2) is 51.6 Å². The molecule has 0 bridgehead atoms. The van der Waals surface area contributed by atoms with Crippen molar-refractivity contribution in [2.75, 3.05) is 26.2 Å². The second kappa shape index (κ2) is 9.60. The third-order valence-electron chi connectivity index (χ3n) is 5.55. The first-order valence-electron chi connectivity index (χ1n) is 10.5. The highest BCUT2D eigenvalue weighted by molar-refractivity contribution is 7.89. The van der Waals surface area contributed by atoms with Gasteiger partial charge >= 0.3 is 0 Å². The molecule has 164 valence electrons. The maximum Gasteiger partial charge on any atom is 0.243 e. The van der Waals surface area contributed by atoms with Crippen LogP contribution in [0.1, 0.15) is 37.8 Å². The summed E-state index contributed by atoms with van der Waals surface area (Å²) >= 11 is 0. The number of nitrogens with zero attached hydrogens (tertiary/aromatic N) is 2. The van der Waals surface area contributed by atoms with Gasteiger partial charge in [0, 0.05) is 26.2 Å². The van der Waals surface area contributed by atoms with E-state index in [9.17, 15) is 16.8 Å². The average molecular weight is 451 g/mol. The third kappa shape index (κ3) is 4.94. The van der Waals surface area contributed by atoms with Crippen LogP contribution in [0.15, 0.2) is 58.3 Å². The van der Waals surface area contributed by atoms with Crippen LogP contribution >= 0.6 is 0 Å². The van der Waals surface area contributed by atoms with E-state index in [1.165, 1.54) is 8.61 Å². The quantitative estimate of drug-likeness (QED) is 0.619. The van der Waals surface area contributed by atoms with Crippen molar-refractivity contribution in [2.45, 2.75) is 49.3 Å². The number of benzene rings is 2. The van der Waals surface area contributed by atoms with Gasteiger partial charge < -0.3 is 0 Å². The number of unbranched alkanes of at least 4 members (excludes halogenated alkanes) is 1. The van der Waals surface area contributed by atoms with Gasteiger partial charge in [-0.15, -0.1) is 0 Å². The van der Waals surface area contributed by atoms with E-state index in [2.05, 4.69) is 6.92 Å². The standard InChI is InChI=1S/C22H30N2O4S2/c1-3-5-6-20-9-13-22(14-10-20)30(27,28)24-17-15-23(16-18-24)29(25,26)21-11-7-19(4-2)8-12-21/h7-14H,3-6,15-18H2,1-2H3. The lowest BCUT2D eigenvalue weighted by atomic mass is 10.1. The molecule has 1 aliphatic rings. The molecule has 0 aliphatic carbocycles. The maximum atomic E-state index is 13.0. The van der Waals surface area contributed by atoms with Crippen LogP contribution < -0.4 is 0 Å². The van der Waals surface area contributed by atoms with Crippen molar-refractivity contribution in [1.82, 2.24) is 8.61 Å². The van der Waals surface area contributed by atoms with Crippen LogP contribution in [0.4, 0.5) is 0 Å². The number of aryl methyl sites for hydroxylation is 2. The van der Waals surface area contributed by atoms with E-state index in [0.29, 0.717) is 0 Å². The van der Waals surface area contributed by atoms with Crippen LogP contribution in [0.5, 0.6) is 0 Å². The molecule has 0 aromatic heterocycles. The number of hydrogen-bond acceptors (Lipinski definition) is 4. The Hall–Kier alpha value is -1.74. The second-order valence-corrected chi connectivity index (χ2v) is 11.4. The minimum Gasteiger partial charge on any atom is -0.207 e. The fourth-order valence-electron chi connectivity index (χ4n) is 3.55. The van der Waals surface area contributed by atoms with Crippen molar-refractivity contribution in [3.63, 3.8) is 0 Å². The molecule has 0 atom stereocenters. The van der Waals surface area contributed by atoms with E-state index in [1.807, 2.05) is 31.2 Å². The van der Waals surface area contributed by atoms with Gasteiger partial charge in [0.2, 0.25) is 20.0 Å². The summed E-state index contributed by atoms with van der Waals surface area (Å²) in [6.45, 7) is 4.72. The summed E-state index contributed by atoms with van der Waals surface area (Å²) in [6, 6.07) is 13.9. The Morgan fingerprint density at radius 2 is 1.07 bits per heavy atom. The Morgan fingerprint density at radius 3 is 1.43 bits per heavy atom. The van der Waals surface area contributed by atoms with Crippen LogP contribution in [0.3, 0.4) is 0 Å². The maximum absolute atomic E-state index is 13.0. The summed E-state index contributed by atoms with van der Waals surface area (Å²) in [5.74, 6) is 0. The molecule has 30 heavy (non-hydrogen) atoms. The third-order valence-corrected chi connectivity index (χ3v) is 9.37. The molecule has 1 aliphatic heterocycles. The molecule has 2 aromatic rings. The topological polar surface area (TPSA) is 74.8 Å². The van der Waals surface area contributed by atoms with Gasteiger partial charge in [0.05, 0.1) is 9.79 Å². The minimum absolute atomic E-state index is 0.145. The molecule has 0 radical (unpaired) electrons. The Balaban J connectivity index is 1.67. The first kappa shape index (κ1) is 22.9. The Bertz CT molecular complexity index is 1040. The zero-order chi connectivity index (χ0) is 21.8. The summed E-state index contributed by atoms with van der Waals surface area (Å²) in [5.41, 5.74) is 2.20. The highest BCUT2D eigenvalue weighted by Crippen LogP contribution is 2.22. The second-order valence-electron chi connectivity index (χ2n) is 7.55. The van der Waals surface area contributed by atoms with Gasteiger partial charge in [-0.2, -0.15) is 8.61 Å². The number of sulfonamides is 2. The van der Waals surface area contributed by atoms with E-state index < -0.39 is 20.0 Å². The molecule has 2 aromatic carbocycles. The molecule has 8 heteroatoms. The smallest absolute Gasteiger partial charge is 0.207 e. The van der Waals surface area contributed by atoms with Gasteiger partial charge in [-0.05, 0) is 54.7 Å². The molecule has 0 saturated carbocycles. The summed E-state index contributed by atoms with van der Waals surface area (Å²) in [4.78, 5) is 0.507. The number of piperazine rings is 1. The van der Waals surface area contributed by atoms with Gasteiger partial charge in [0.25, 0.3) is 0 Å². The van der Waals surface area contributed by atoms with E-state index >= 15 is 0 Å². The van der Waals surface area contributed by atoms with Gasteiger partial charge in [0.15, 0.2) is 0 Å². The molecule has 0 amide bonds. The molecule has 3 rings (SSSR count). The van der Waals surface area contributed by atoms with E-state index in [4.69, 9.17) is 0 Å². The molecular weight excluding hydrogens is 420 g/mol. The van der Waals surface area contributed by atoms with Crippen LogP contribution in [0.25, 0.3) is 0 Å². The van der Waals surface area contributed by atoms with E-state index in [0.717, 1.165) is 36.8 Å². The minimum atomic E-state index is -3.63. The number of hydrogen-bond donors (Lipinski definition) is 0. The Morgan fingerprint density at radius 1 is 0.667 bits per heavy atom. The lowest BCUT2D eigenvalue weighted by molar-refractivity contribution is 0.273. The number of rotatable bonds is 8. The van der Waals surface area contributed by atoms with E-state index in [1.54, 1.807) is 24.3 Å². The SMILES string of the molecule is CCCCc1ccc(S(=O)(=O)N2CCN(S(=O)(=O)c3ccc(CC)cc3)CC2)cc1. The van der Waals surface area contributed by atoms with Crippen molar-refractivity contribution in [2.24, 2.45) is 0 Å². The van der Waals surface area contributed by atoms with Crippen molar-refractivity contribution in [1.29, 1.82) is 0 Å². The summed E-state index contributed by atoms with van der Waals surface area (Å²) < 4.78 is 54.5. The molecule has 1 fully saturated rings. The normalized spacial score (nSPS) is 16.6. The lowest BCUT2D eigenvalue weighted by Gasteiger charge is -2.33. The van der Waals surface area contributed by atoms with E-state index in [-0.39, 0.29) is 36.0 Å². The Labute approximate surface area is 180 Å². The van der Waals surface area contributed by atoms with Gasteiger partial charge in [-0.25, -0.2) is 16.8 Å². The zero-order valence-electron chi connectivity index (χ0n) is 17.6. The Kier molecular flexibility index (Phi) is 7.34. The molecular formula is C22H30N2O4S2. The summed E-state index contributed by atoms with van der Waals surface area (Å²) in [5, 5.41) is 0. The largest absolute Gasteiger partial charge is 0.243 e. The van der Waals surface area contributed by atoms with Crippen LogP contribution in [0.2, 0.25) is 0 Å². The summed E-state index contributed by atoms with van der Waals surface area (Å²) in [7, 11) is -7.25. The predicted molar refractivity (Wildman–Crippen MR) is 118 cm³/mol.